The molecule has 6 heteroatoms. The molecule has 2 rings (SSSR count). The summed E-state index contributed by atoms with van der Waals surface area (Å²) in [6, 6.07) is 6.22. The minimum Gasteiger partial charge on any atom is -0.354 e. The summed E-state index contributed by atoms with van der Waals surface area (Å²) in [4.78, 5) is 12.1. The molecule has 1 aromatic carbocycles. The molecule has 19 heavy (non-hydrogen) atoms. The number of benzene rings is 1. The Labute approximate surface area is 111 Å². The molecule has 1 amide bonds. The summed E-state index contributed by atoms with van der Waals surface area (Å²) in [5.74, 6) is -0.786. The van der Waals surface area contributed by atoms with Crippen molar-refractivity contribution in [2.75, 3.05) is 18.6 Å². The van der Waals surface area contributed by atoms with E-state index < -0.39 is 21.1 Å². The third-order valence-electron chi connectivity index (χ3n) is 3.33. The number of hydrogen-bond donors (Lipinski definition) is 1. The minimum absolute atomic E-state index is 0.0634. The Balaban J connectivity index is 2.05. The molecule has 0 atom stereocenters. The third-order valence-corrected chi connectivity index (χ3v) is 4.28. The van der Waals surface area contributed by atoms with Gasteiger partial charge in [-0.3, -0.25) is 4.79 Å². The molecular weight excluding hydrogens is 269 g/mol. The van der Waals surface area contributed by atoms with Gasteiger partial charge in [0, 0.05) is 18.4 Å². The van der Waals surface area contributed by atoms with Crippen LogP contribution in [0.2, 0.25) is 0 Å². The Morgan fingerprint density at radius 1 is 1.37 bits per heavy atom. The summed E-state index contributed by atoms with van der Waals surface area (Å²) in [6.45, 7) is 0.0634. The first-order chi connectivity index (χ1) is 8.85. The molecule has 0 unspecified atom stereocenters. The number of halogens is 1. The van der Waals surface area contributed by atoms with E-state index in [0.29, 0.717) is 18.4 Å². The van der Waals surface area contributed by atoms with Crippen LogP contribution in [-0.4, -0.2) is 32.9 Å². The number of sulfone groups is 1. The van der Waals surface area contributed by atoms with Crippen LogP contribution in [0.5, 0.6) is 0 Å². The van der Waals surface area contributed by atoms with Crippen LogP contribution in [0.1, 0.15) is 18.4 Å². The van der Waals surface area contributed by atoms with Crippen LogP contribution in [0.25, 0.3) is 0 Å². The standard InChI is InChI=1S/C13H16FNO3S/c1-19(17,18)9-8-15-12(16)13(6-7-13)10-4-2-3-5-11(10)14/h2-5H,6-9H2,1H3,(H,15,16). The zero-order chi connectivity index (χ0) is 14.1. The van der Waals surface area contributed by atoms with E-state index in [0.717, 1.165) is 6.26 Å². The van der Waals surface area contributed by atoms with E-state index in [-0.39, 0.29) is 18.2 Å². The Morgan fingerprint density at radius 2 is 2.00 bits per heavy atom. The smallest absolute Gasteiger partial charge is 0.230 e. The molecule has 0 aliphatic heterocycles. The molecule has 1 saturated carbocycles. The number of carbonyl (C=O) groups is 1. The average Bonchev–Trinajstić information content (AvgIpc) is 3.09. The fraction of sp³-hybridized carbons (Fsp3) is 0.462. The van der Waals surface area contributed by atoms with Gasteiger partial charge < -0.3 is 5.32 Å². The molecule has 104 valence electrons. The van der Waals surface area contributed by atoms with Crippen molar-refractivity contribution in [3.63, 3.8) is 0 Å². The molecule has 0 aromatic heterocycles. The van der Waals surface area contributed by atoms with Gasteiger partial charge in [-0.05, 0) is 18.9 Å². The second kappa shape index (κ2) is 4.92. The zero-order valence-electron chi connectivity index (χ0n) is 10.6. The number of nitrogens with one attached hydrogen (secondary N) is 1. The third kappa shape index (κ3) is 3.12. The van der Waals surface area contributed by atoms with Gasteiger partial charge in [-0.1, -0.05) is 18.2 Å². The summed E-state index contributed by atoms with van der Waals surface area (Å²) in [6.07, 6.45) is 2.31. The zero-order valence-corrected chi connectivity index (χ0v) is 11.5. The van der Waals surface area contributed by atoms with Crippen molar-refractivity contribution < 1.29 is 17.6 Å². The molecule has 4 nitrogen and oxygen atoms in total. The summed E-state index contributed by atoms with van der Waals surface area (Å²) in [5.41, 5.74) is -0.407. The predicted molar refractivity (Wildman–Crippen MR) is 70.0 cm³/mol. The highest BCUT2D eigenvalue weighted by Crippen LogP contribution is 2.49. The number of carbonyl (C=O) groups excluding carboxylic acids is 1. The van der Waals surface area contributed by atoms with Crippen LogP contribution in [0.4, 0.5) is 4.39 Å². The summed E-state index contributed by atoms with van der Waals surface area (Å²) < 4.78 is 35.7. The van der Waals surface area contributed by atoms with Gasteiger partial charge in [-0.15, -0.1) is 0 Å². The van der Waals surface area contributed by atoms with Gasteiger partial charge in [0.05, 0.1) is 11.2 Å². The van der Waals surface area contributed by atoms with Crippen molar-refractivity contribution >= 4 is 15.7 Å². The lowest BCUT2D eigenvalue weighted by Gasteiger charge is -2.16. The minimum atomic E-state index is -3.11. The van der Waals surface area contributed by atoms with Crippen molar-refractivity contribution in [1.29, 1.82) is 0 Å². The van der Waals surface area contributed by atoms with E-state index in [4.69, 9.17) is 0 Å². The van der Waals surface area contributed by atoms with Gasteiger partial charge in [-0.25, -0.2) is 12.8 Å². The van der Waals surface area contributed by atoms with Crippen LogP contribution in [0.3, 0.4) is 0 Å². The van der Waals surface area contributed by atoms with Crippen molar-refractivity contribution in [3.8, 4) is 0 Å². The maximum atomic E-state index is 13.7. The maximum absolute atomic E-state index is 13.7. The highest BCUT2D eigenvalue weighted by atomic mass is 32.2. The first-order valence-corrected chi connectivity index (χ1v) is 8.12. The average molecular weight is 285 g/mol. The lowest BCUT2D eigenvalue weighted by Crippen LogP contribution is -2.37. The second-order valence-electron chi connectivity index (χ2n) is 4.95. The molecule has 1 fully saturated rings. The normalized spacial score (nSPS) is 16.9. The van der Waals surface area contributed by atoms with E-state index >= 15 is 0 Å². The fourth-order valence-electron chi connectivity index (χ4n) is 2.11. The highest BCUT2D eigenvalue weighted by Gasteiger charge is 2.52. The van der Waals surface area contributed by atoms with Crippen molar-refractivity contribution in [1.82, 2.24) is 5.32 Å². The molecule has 1 aromatic rings. The Bertz CT molecular complexity index is 594. The van der Waals surface area contributed by atoms with Crippen molar-refractivity contribution in [2.24, 2.45) is 0 Å². The maximum Gasteiger partial charge on any atom is 0.230 e. The predicted octanol–water partition coefficient (Wildman–Crippen LogP) is 1.02. The summed E-state index contributed by atoms with van der Waals surface area (Å²) >= 11 is 0. The highest BCUT2D eigenvalue weighted by molar-refractivity contribution is 7.90. The number of amides is 1. The SMILES string of the molecule is CS(=O)(=O)CCNC(=O)C1(c2ccccc2F)CC1. The molecule has 1 aliphatic carbocycles. The lowest BCUT2D eigenvalue weighted by atomic mass is 9.94. The van der Waals surface area contributed by atoms with Gasteiger partial charge in [0.2, 0.25) is 5.91 Å². The molecule has 0 radical (unpaired) electrons. The Morgan fingerprint density at radius 3 is 2.53 bits per heavy atom. The number of rotatable bonds is 5. The van der Waals surface area contributed by atoms with Gasteiger partial charge in [0.15, 0.2) is 0 Å². The lowest BCUT2D eigenvalue weighted by molar-refractivity contribution is -0.123. The van der Waals surface area contributed by atoms with E-state index in [9.17, 15) is 17.6 Å². The summed E-state index contributed by atoms with van der Waals surface area (Å²) in [7, 11) is -3.11. The Kier molecular flexibility index (Phi) is 3.62. The number of hydrogen-bond acceptors (Lipinski definition) is 3. The van der Waals surface area contributed by atoms with Crippen LogP contribution in [0, 0.1) is 5.82 Å². The van der Waals surface area contributed by atoms with Gasteiger partial charge >= 0.3 is 0 Å². The van der Waals surface area contributed by atoms with Crippen molar-refractivity contribution in [3.05, 3.63) is 35.6 Å². The van der Waals surface area contributed by atoms with Crippen LogP contribution in [0.15, 0.2) is 24.3 Å². The van der Waals surface area contributed by atoms with Gasteiger partial charge in [0.1, 0.15) is 15.7 Å². The quantitative estimate of drug-likeness (QED) is 0.878. The van der Waals surface area contributed by atoms with E-state index in [2.05, 4.69) is 5.32 Å². The molecule has 0 spiro atoms. The van der Waals surface area contributed by atoms with Crippen LogP contribution in [-0.2, 0) is 20.0 Å². The molecular formula is C13H16FNO3S. The molecule has 1 aliphatic rings. The topological polar surface area (TPSA) is 63.2 Å². The first kappa shape index (κ1) is 14.0. The van der Waals surface area contributed by atoms with Crippen molar-refractivity contribution in [2.45, 2.75) is 18.3 Å². The fourth-order valence-corrected chi connectivity index (χ4v) is 2.59. The van der Waals surface area contributed by atoms with Gasteiger partial charge in [0.25, 0.3) is 0 Å². The second-order valence-corrected chi connectivity index (χ2v) is 7.21. The molecule has 0 heterocycles. The molecule has 1 N–H and O–H groups in total. The Hall–Kier alpha value is -1.43. The van der Waals surface area contributed by atoms with Gasteiger partial charge in [-0.2, -0.15) is 0 Å². The van der Waals surface area contributed by atoms with Crippen LogP contribution >= 0.6 is 0 Å². The molecule has 0 bridgehead atoms. The van der Waals surface area contributed by atoms with Crippen LogP contribution < -0.4 is 5.32 Å². The van der Waals surface area contributed by atoms with E-state index in [1.54, 1.807) is 18.2 Å². The van der Waals surface area contributed by atoms with E-state index in [1.807, 2.05) is 0 Å². The monoisotopic (exact) mass is 285 g/mol. The largest absolute Gasteiger partial charge is 0.354 e. The first-order valence-electron chi connectivity index (χ1n) is 6.06. The van der Waals surface area contributed by atoms with E-state index in [1.165, 1.54) is 6.07 Å². The summed E-state index contributed by atoms with van der Waals surface area (Å²) in [5, 5.41) is 2.58. The molecule has 0 saturated heterocycles.